The van der Waals surface area contributed by atoms with E-state index in [1.165, 1.54) is 41.0 Å². The number of carboxylic acids is 1. The number of hydrogen-bond donors (Lipinski definition) is 1. The van der Waals surface area contributed by atoms with Crippen LogP contribution in [0.25, 0.3) is 11.0 Å². The van der Waals surface area contributed by atoms with Crippen LogP contribution in [-0.2, 0) is 21.2 Å². The van der Waals surface area contributed by atoms with E-state index < -0.39 is 33.6 Å². The van der Waals surface area contributed by atoms with Gasteiger partial charge in [0, 0.05) is 24.4 Å². The van der Waals surface area contributed by atoms with Crippen molar-refractivity contribution in [2.45, 2.75) is 17.6 Å². The molecule has 2 aromatic heterocycles. The highest BCUT2D eigenvalue weighted by molar-refractivity contribution is 7.90. The number of alkyl halides is 1. The van der Waals surface area contributed by atoms with Gasteiger partial charge in [-0.25, -0.2) is 27.0 Å². The van der Waals surface area contributed by atoms with Crippen LogP contribution >= 0.6 is 0 Å². The van der Waals surface area contributed by atoms with Crippen molar-refractivity contribution in [2.24, 2.45) is 0 Å². The van der Waals surface area contributed by atoms with Gasteiger partial charge in [-0.05, 0) is 29.8 Å². The van der Waals surface area contributed by atoms with Crippen LogP contribution in [0.2, 0.25) is 0 Å². The molecule has 0 aliphatic carbocycles. The molecule has 10 heteroatoms. The van der Waals surface area contributed by atoms with E-state index in [4.69, 9.17) is 5.11 Å². The van der Waals surface area contributed by atoms with E-state index in [9.17, 15) is 26.8 Å². The molecule has 0 fully saturated rings. The van der Waals surface area contributed by atoms with Gasteiger partial charge in [-0.2, -0.15) is 0 Å². The second-order valence-electron chi connectivity index (χ2n) is 6.16. The number of halogens is 2. The minimum absolute atomic E-state index is 0.0254. The molecule has 7 nitrogen and oxygen atoms in total. The van der Waals surface area contributed by atoms with E-state index in [0.717, 1.165) is 12.5 Å². The van der Waals surface area contributed by atoms with Gasteiger partial charge in [-0.1, -0.05) is 12.1 Å². The van der Waals surface area contributed by atoms with Crippen LogP contribution in [0.4, 0.5) is 8.78 Å². The second-order valence-corrected chi connectivity index (χ2v) is 8.18. The lowest BCUT2D eigenvalue weighted by Crippen LogP contribution is -2.27. The molecule has 1 N–H and O–H groups in total. The SMILES string of the molecule is CS(=O)(=O)c1cnc2c(c1)cc(C(=O)C(F)C(=O)O)n2Cc1ccc(F)cc1. The lowest BCUT2D eigenvalue weighted by molar-refractivity contribution is -0.140. The standard InChI is InChI=1S/C18H14F2N2O5S/c1-28(26,27)13-6-11-7-14(16(23)15(20)18(24)25)22(17(11)21-8-13)9-10-2-4-12(19)5-3-10/h2-8,15H,9H2,1H3,(H,24,25). The van der Waals surface area contributed by atoms with Crippen molar-refractivity contribution in [2.75, 3.05) is 6.26 Å². The lowest BCUT2D eigenvalue weighted by Gasteiger charge is -2.10. The van der Waals surface area contributed by atoms with Gasteiger partial charge in [0.05, 0.1) is 10.6 Å². The highest BCUT2D eigenvalue weighted by Gasteiger charge is 2.30. The molecule has 0 amide bonds. The minimum Gasteiger partial charge on any atom is -0.479 e. The molecule has 0 aliphatic rings. The molecule has 146 valence electrons. The van der Waals surface area contributed by atoms with Crippen molar-refractivity contribution in [1.82, 2.24) is 9.55 Å². The summed E-state index contributed by atoms with van der Waals surface area (Å²) in [6.07, 6.45) is -0.706. The van der Waals surface area contributed by atoms with Crippen molar-refractivity contribution >= 4 is 32.6 Å². The molecule has 0 saturated heterocycles. The lowest BCUT2D eigenvalue weighted by atomic mass is 10.1. The quantitative estimate of drug-likeness (QED) is 0.495. The molecule has 2 heterocycles. The Bertz CT molecular complexity index is 1190. The largest absolute Gasteiger partial charge is 0.479 e. The zero-order chi connectivity index (χ0) is 20.6. The van der Waals surface area contributed by atoms with Crippen LogP contribution in [-0.4, -0.2) is 47.3 Å². The highest BCUT2D eigenvalue weighted by atomic mass is 32.2. The topological polar surface area (TPSA) is 106 Å². The summed E-state index contributed by atoms with van der Waals surface area (Å²) in [5.41, 5.74) is 0.428. The number of Topliss-reactive ketones (excluding diaryl/α,β-unsaturated/α-hetero) is 1. The Morgan fingerprint density at radius 1 is 1.21 bits per heavy atom. The number of pyridine rings is 1. The summed E-state index contributed by atoms with van der Waals surface area (Å²) >= 11 is 0. The van der Waals surface area contributed by atoms with E-state index in [-0.39, 0.29) is 28.2 Å². The number of aromatic nitrogens is 2. The van der Waals surface area contributed by atoms with E-state index in [0.29, 0.717) is 5.56 Å². The first-order valence-electron chi connectivity index (χ1n) is 7.93. The minimum atomic E-state index is -3.58. The van der Waals surface area contributed by atoms with Gasteiger partial charge >= 0.3 is 5.97 Å². The average molecular weight is 408 g/mol. The number of carbonyl (C=O) groups excluding carboxylic acids is 1. The van der Waals surface area contributed by atoms with Crippen LogP contribution in [0.15, 0.2) is 47.5 Å². The van der Waals surface area contributed by atoms with E-state index in [1.54, 1.807) is 0 Å². The fourth-order valence-corrected chi connectivity index (χ4v) is 3.29. The Labute approximate surface area is 158 Å². The van der Waals surface area contributed by atoms with Gasteiger partial charge in [0.25, 0.3) is 6.17 Å². The number of sulfone groups is 1. The van der Waals surface area contributed by atoms with Crippen LogP contribution in [0.1, 0.15) is 16.1 Å². The maximum absolute atomic E-state index is 13.8. The Morgan fingerprint density at radius 3 is 2.43 bits per heavy atom. The molecule has 0 aliphatic heterocycles. The van der Waals surface area contributed by atoms with E-state index in [2.05, 4.69) is 4.98 Å². The summed E-state index contributed by atoms with van der Waals surface area (Å²) in [6, 6.07) is 7.76. The van der Waals surface area contributed by atoms with Crippen LogP contribution in [0.5, 0.6) is 0 Å². The van der Waals surface area contributed by atoms with Crippen molar-refractivity contribution < 1.29 is 31.9 Å². The average Bonchev–Trinajstić information content (AvgIpc) is 2.99. The summed E-state index contributed by atoms with van der Waals surface area (Å²) in [7, 11) is -3.58. The second kappa shape index (κ2) is 7.12. The molecular weight excluding hydrogens is 394 g/mol. The third-order valence-corrected chi connectivity index (χ3v) is 5.17. The number of fused-ring (bicyclic) bond motifs is 1. The molecule has 3 aromatic rings. The maximum Gasteiger partial charge on any atom is 0.346 e. The number of nitrogens with zero attached hydrogens (tertiary/aromatic N) is 2. The number of rotatable bonds is 6. The normalized spacial score (nSPS) is 12.8. The number of carboxylic acid groups (broad SMARTS) is 1. The highest BCUT2D eigenvalue weighted by Crippen LogP contribution is 2.24. The molecule has 28 heavy (non-hydrogen) atoms. The first-order valence-corrected chi connectivity index (χ1v) is 9.82. The van der Waals surface area contributed by atoms with Crippen LogP contribution in [0.3, 0.4) is 0 Å². The van der Waals surface area contributed by atoms with Gasteiger partial charge in [0.1, 0.15) is 11.5 Å². The summed E-state index contributed by atoms with van der Waals surface area (Å²) in [5, 5.41) is 9.04. The van der Waals surface area contributed by atoms with Gasteiger partial charge in [0.2, 0.25) is 5.78 Å². The number of aliphatic carboxylic acids is 1. The van der Waals surface area contributed by atoms with E-state index in [1.807, 2.05) is 0 Å². The fourth-order valence-electron chi connectivity index (χ4n) is 2.71. The first-order chi connectivity index (χ1) is 13.1. The van der Waals surface area contributed by atoms with Gasteiger partial charge in [-0.3, -0.25) is 4.79 Å². The first kappa shape index (κ1) is 19.6. The maximum atomic E-state index is 13.8. The predicted octanol–water partition coefficient (Wildman–Crippen LogP) is 2.23. The number of hydrogen-bond acceptors (Lipinski definition) is 5. The van der Waals surface area contributed by atoms with Gasteiger partial charge < -0.3 is 9.67 Å². The van der Waals surface area contributed by atoms with Gasteiger partial charge in [0.15, 0.2) is 9.84 Å². The molecule has 1 aromatic carbocycles. The summed E-state index contributed by atoms with van der Waals surface area (Å²) in [5.74, 6) is -3.70. The monoisotopic (exact) mass is 408 g/mol. The summed E-state index contributed by atoms with van der Waals surface area (Å²) < 4.78 is 51.7. The zero-order valence-corrected chi connectivity index (χ0v) is 15.3. The summed E-state index contributed by atoms with van der Waals surface area (Å²) in [6.45, 7) is -0.0254. The van der Waals surface area contributed by atoms with Gasteiger partial charge in [-0.15, -0.1) is 0 Å². The predicted molar refractivity (Wildman–Crippen MR) is 95.2 cm³/mol. The molecule has 3 rings (SSSR count). The fraction of sp³-hybridized carbons (Fsp3) is 0.167. The Hall–Kier alpha value is -3.14. The molecule has 1 unspecified atom stereocenters. The van der Waals surface area contributed by atoms with Crippen LogP contribution in [0, 0.1) is 5.82 Å². The molecular formula is C18H14F2N2O5S. The van der Waals surface area contributed by atoms with E-state index >= 15 is 0 Å². The van der Waals surface area contributed by atoms with Crippen molar-refractivity contribution in [3.8, 4) is 0 Å². The Morgan fingerprint density at radius 2 is 1.86 bits per heavy atom. The molecule has 0 spiro atoms. The molecule has 0 saturated carbocycles. The smallest absolute Gasteiger partial charge is 0.346 e. The number of carbonyl (C=O) groups is 2. The zero-order valence-electron chi connectivity index (χ0n) is 14.5. The molecule has 0 bridgehead atoms. The number of ketones is 1. The third-order valence-electron chi connectivity index (χ3n) is 4.09. The third kappa shape index (κ3) is 3.77. The van der Waals surface area contributed by atoms with Crippen molar-refractivity contribution in [3.63, 3.8) is 0 Å². The van der Waals surface area contributed by atoms with Crippen molar-refractivity contribution in [1.29, 1.82) is 0 Å². The molecule has 1 atom stereocenters. The molecule has 0 radical (unpaired) electrons. The summed E-state index contributed by atoms with van der Waals surface area (Å²) in [4.78, 5) is 27.2. The van der Waals surface area contributed by atoms with Crippen molar-refractivity contribution in [3.05, 3.63) is 59.7 Å². The Kier molecular flexibility index (Phi) is 4.99. The van der Waals surface area contributed by atoms with Crippen LogP contribution < -0.4 is 0 Å². The number of benzene rings is 1. The Balaban J connectivity index is 2.19.